The highest BCUT2D eigenvalue weighted by Crippen LogP contribution is 2.13. The molecule has 0 unspecified atom stereocenters. The maximum absolute atomic E-state index is 12.5. The van der Waals surface area contributed by atoms with Crippen LogP contribution in [0.15, 0.2) is 48.5 Å². The van der Waals surface area contributed by atoms with E-state index in [1.807, 2.05) is 12.1 Å². The number of nitrogens with one attached hydrogen (secondary N) is 2. The summed E-state index contributed by atoms with van der Waals surface area (Å²) in [5.74, 6) is -0.720. The summed E-state index contributed by atoms with van der Waals surface area (Å²) in [7, 11) is 3.26. The Morgan fingerprint density at radius 1 is 1.00 bits per heavy atom. The van der Waals surface area contributed by atoms with Gasteiger partial charge in [-0.05, 0) is 42.0 Å². The third-order valence-electron chi connectivity index (χ3n) is 3.86. The predicted molar refractivity (Wildman–Crippen MR) is 101 cm³/mol. The van der Waals surface area contributed by atoms with Crippen LogP contribution in [0.3, 0.4) is 0 Å². The number of nitriles is 1. The Bertz CT molecular complexity index is 868. The molecule has 2 N–H and O–H groups in total. The van der Waals surface area contributed by atoms with Crippen LogP contribution in [0.1, 0.15) is 32.7 Å². The lowest BCUT2D eigenvalue weighted by atomic mass is 10.1. The van der Waals surface area contributed by atoms with Crippen LogP contribution in [-0.2, 0) is 11.3 Å². The second kappa shape index (κ2) is 9.15. The molecule has 0 aliphatic heterocycles. The quantitative estimate of drug-likeness (QED) is 0.820. The summed E-state index contributed by atoms with van der Waals surface area (Å²) < 4.78 is 0. The van der Waals surface area contributed by atoms with E-state index < -0.39 is 5.91 Å². The van der Waals surface area contributed by atoms with Crippen molar-refractivity contribution in [3.63, 3.8) is 0 Å². The van der Waals surface area contributed by atoms with Crippen molar-refractivity contribution in [2.45, 2.75) is 13.0 Å². The van der Waals surface area contributed by atoms with Crippen LogP contribution in [0, 0.1) is 11.3 Å². The van der Waals surface area contributed by atoms with Gasteiger partial charge in [-0.1, -0.05) is 12.1 Å². The van der Waals surface area contributed by atoms with E-state index in [0.717, 1.165) is 5.56 Å². The molecule has 0 aliphatic rings. The van der Waals surface area contributed by atoms with E-state index >= 15 is 0 Å². The fourth-order valence-corrected chi connectivity index (χ4v) is 2.45. The zero-order chi connectivity index (χ0) is 19.8. The summed E-state index contributed by atoms with van der Waals surface area (Å²) in [6, 6.07) is 15.3. The third kappa shape index (κ3) is 5.41. The van der Waals surface area contributed by atoms with Crippen molar-refractivity contribution in [2.75, 3.05) is 19.4 Å². The van der Waals surface area contributed by atoms with Gasteiger partial charge in [0.1, 0.15) is 6.42 Å². The molecule has 0 heterocycles. The molecule has 0 aliphatic carbocycles. The van der Waals surface area contributed by atoms with Crippen molar-refractivity contribution in [1.29, 1.82) is 5.26 Å². The van der Waals surface area contributed by atoms with E-state index in [1.165, 1.54) is 0 Å². The van der Waals surface area contributed by atoms with Crippen molar-refractivity contribution in [3.8, 4) is 6.07 Å². The number of benzene rings is 2. The fraction of sp³-hybridized carbons (Fsp3) is 0.200. The van der Waals surface area contributed by atoms with Crippen molar-refractivity contribution in [3.05, 3.63) is 65.2 Å². The standard InChI is InChI=1S/C20H20N4O3/c1-22-19(26)15-5-3-14(4-6-15)13-24(2)20(27)16-7-9-17(10-8-16)23-18(25)11-12-21/h3-10H,11,13H2,1-2H3,(H,22,26)(H,23,25). The monoisotopic (exact) mass is 364 g/mol. The largest absolute Gasteiger partial charge is 0.355 e. The van der Waals surface area contributed by atoms with Gasteiger partial charge >= 0.3 is 0 Å². The van der Waals surface area contributed by atoms with Gasteiger partial charge in [0.25, 0.3) is 11.8 Å². The van der Waals surface area contributed by atoms with Gasteiger partial charge in [-0.2, -0.15) is 5.26 Å². The molecule has 0 saturated carbocycles. The molecule has 138 valence electrons. The zero-order valence-electron chi connectivity index (χ0n) is 15.2. The summed E-state index contributed by atoms with van der Waals surface area (Å²) >= 11 is 0. The highest BCUT2D eigenvalue weighted by molar-refractivity contribution is 5.96. The minimum absolute atomic E-state index is 0.159. The molecule has 7 nitrogen and oxygen atoms in total. The van der Waals surface area contributed by atoms with Crippen LogP contribution >= 0.6 is 0 Å². The van der Waals surface area contributed by atoms with Crippen LogP contribution < -0.4 is 10.6 Å². The minimum Gasteiger partial charge on any atom is -0.355 e. The van der Waals surface area contributed by atoms with Gasteiger partial charge in [0.15, 0.2) is 0 Å². The molecular formula is C20H20N4O3. The van der Waals surface area contributed by atoms with E-state index in [4.69, 9.17) is 5.26 Å². The summed E-state index contributed by atoms with van der Waals surface area (Å²) in [5.41, 5.74) is 2.47. The Kier molecular flexibility index (Phi) is 6.67. The van der Waals surface area contributed by atoms with E-state index in [2.05, 4.69) is 10.6 Å². The number of carbonyl (C=O) groups excluding carboxylic acids is 3. The van der Waals surface area contributed by atoms with Crippen molar-refractivity contribution < 1.29 is 14.4 Å². The van der Waals surface area contributed by atoms with Gasteiger partial charge in [-0.25, -0.2) is 0 Å². The first-order valence-electron chi connectivity index (χ1n) is 8.28. The molecular weight excluding hydrogens is 344 g/mol. The molecule has 0 saturated heterocycles. The van der Waals surface area contributed by atoms with Gasteiger partial charge < -0.3 is 15.5 Å². The Morgan fingerprint density at radius 2 is 1.59 bits per heavy atom. The minimum atomic E-state index is -0.395. The van der Waals surface area contributed by atoms with E-state index in [9.17, 15) is 14.4 Å². The maximum Gasteiger partial charge on any atom is 0.253 e. The lowest BCUT2D eigenvalue weighted by molar-refractivity contribution is -0.115. The highest BCUT2D eigenvalue weighted by atomic mass is 16.2. The summed E-state index contributed by atoms with van der Waals surface area (Å²) in [4.78, 5) is 37.1. The van der Waals surface area contributed by atoms with Crippen LogP contribution in [0.5, 0.6) is 0 Å². The molecule has 0 bridgehead atoms. The van der Waals surface area contributed by atoms with Gasteiger partial charge in [0.05, 0.1) is 6.07 Å². The van der Waals surface area contributed by atoms with E-state index in [-0.39, 0.29) is 18.2 Å². The van der Waals surface area contributed by atoms with Crippen molar-refractivity contribution >= 4 is 23.4 Å². The Morgan fingerprint density at radius 3 is 2.15 bits per heavy atom. The van der Waals surface area contributed by atoms with Crippen molar-refractivity contribution in [2.24, 2.45) is 0 Å². The topological polar surface area (TPSA) is 102 Å². The summed E-state index contributed by atoms with van der Waals surface area (Å²) in [5, 5.41) is 13.6. The number of nitrogens with zero attached hydrogens (tertiary/aromatic N) is 2. The Balaban J connectivity index is 1.99. The number of hydrogen-bond donors (Lipinski definition) is 2. The van der Waals surface area contributed by atoms with Gasteiger partial charge in [0.2, 0.25) is 5.91 Å². The van der Waals surface area contributed by atoms with E-state index in [0.29, 0.717) is 23.4 Å². The molecule has 2 aromatic carbocycles. The first-order chi connectivity index (χ1) is 12.9. The van der Waals surface area contributed by atoms with E-state index in [1.54, 1.807) is 61.5 Å². The second-order valence-corrected chi connectivity index (χ2v) is 5.90. The Hall–Kier alpha value is -3.66. The molecule has 7 heteroatoms. The molecule has 0 spiro atoms. The normalized spacial score (nSPS) is 9.81. The first-order valence-corrected chi connectivity index (χ1v) is 8.28. The number of hydrogen-bond acceptors (Lipinski definition) is 4. The molecule has 3 amide bonds. The predicted octanol–water partition coefficient (Wildman–Crippen LogP) is 2.17. The molecule has 0 atom stereocenters. The van der Waals surface area contributed by atoms with Crippen LogP contribution in [0.4, 0.5) is 5.69 Å². The van der Waals surface area contributed by atoms with Gasteiger partial charge in [-0.3, -0.25) is 14.4 Å². The lowest BCUT2D eigenvalue weighted by Gasteiger charge is -2.18. The molecule has 0 aromatic heterocycles. The van der Waals surface area contributed by atoms with Crippen LogP contribution in [-0.4, -0.2) is 36.7 Å². The van der Waals surface area contributed by atoms with Crippen LogP contribution in [0.2, 0.25) is 0 Å². The number of carbonyl (C=O) groups is 3. The molecule has 0 radical (unpaired) electrons. The Labute approximate surface area is 157 Å². The lowest BCUT2D eigenvalue weighted by Crippen LogP contribution is -2.26. The SMILES string of the molecule is CNC(=O)c1ccc(CN(C)C(=O)c2ccc(NC(=O)CC#N)cc2)cc1. The van der Waals surface area contributed by atoms with Crippen molar-refractivity contribution in [1.82, 2.24) is 10.2 Å². The average Bonchev–Trinajstić information content (AvgIpc) is 2.68. The molecule has 27 heavy (non-hydrogen) atoms. The second-order valence-electron chi connectivity index (χ2n) is 5.90. The molecule has 0 fully saturated rings. The average molecular weight is 364 g/mol. The molecule has 2 rings (SSSR count). The number of rotatable bonds is 6. The maximum atomic E-state index is 12.5. The van der Waals surface area contributed by atoms with Gasteiger partial charge in [0, 0.05) is 37.5 Å². The smallest absolute Gasteiger partial charge is 0.253 e. The van der Waals surface area contributed by atoms with Gasteiger partial charge in [-0.15, -0.1) is 0 Å². The zero-order valence-corrected chi connectivity index (χ0v) is 15.2. The third-order valence-corrected chi connectivity index (χ3v) is 3.86. The number of anilines is 1. The first kappa shape index (κ1) is 19.7. The highest BCUT2D eigenvalue weighted by Gasteiger charge is 2.13. The molecule has 2 aromatic rings. The van der Waals surface area contributed by atoms with Crippen LogP contribution in [0.25, 0.3) is 0 Å². The summed E-state index contributed by atoms with van der Waals surface area (Å²) in [6.07, 6.45) is -0.220. The number of amides is 3. The summed E-state index contributed by atoms with van der Waals surface area (Å²) in [6.45, 7) is 0.396. The fourth-order valence-electron chi connectivity index (χ4n) is 2.45.